The van der Waals surface area contributed by atoms with Crippen molar-refractivity contribution in [3.63, 3.8) is 0 Å². The molecule has 65 valence electrons. The lowest BCUT2D eigenvalue weighted by atomic mass is 9.99. The Morgan fingerprint density at radius 3 is 2.62 bits per heavy atom. The summed E-state index contributed by atoms with van der Waals surface area (Å²) >= 11 is 0. The molecule has 0 atom stereocenters. The van der Waals surface area contributed by atoms with Gasteiger partial charge in [0.25, 0.3) is 0 Å². The molecule has 0 N–H and O–H groups in total. The highest BCUT2D eigenvalue weighted by atomic mass is 14.2. The molecule has 1 aromatic rings. The Morgan fingerprint density at radius 1 is 1.23 bits per heavy atom. The van der Waals surface area contributed by atoms with Crippen LogP contribution in [0.15, 0.2) is 41.5 Å². The Kier molecular flexibility index (Phi) is 2.05. The Labute approximate surface area is 79.6 Å². The minimum Gasteiger partial charge on any atom is -0.0769 e. The molecule has 0 heteroatoms. The summed E-state index contributed by atoms with van der Waals surface area (Å²) in [6.45, 7) is 4.37. The Balaban J connectivity index is 2.48. The first-order valence-corrected chi connectivity index (χ1v) is 4.63. The van der Waals surface area contributed by atoms with Gasteiger partial charge in [0, 0.05) is 0 Å². The van der Waals surface area contributed by atoms with E-state index in [0.29, 0.717) is 0 Å². The van der Waals surface area contributed by atoms with Crippen LogP contribution in [-0.2, 0) is 0 Å². The number of benzene rings is 1. The summed E-state index contributed by atoms with van der Waals surface area (Å²) in [4.78, 5) is 0. The minimum absolute atomic E-state index is 1.10. The first kappa shape index (κ1) is 8.31. The van der Waals surface area contributed by atoms with Crippen molar-refractivity contribution in [3.05, 3.63) is 53.1 Å². The monoisotopic (exact) mass is 169 g/mol. The van der Waals surface area contributed by atoms with Crippen LogP contribution in [0.25, 0.3) is 5.57 Å². The van der Waals surface area contributed by atoms with Crippen LogP contribution >= 0.6 is 0 Å². The molecule has 0 aromatic heterocycles. The van der Waals surface area contributed by atoms with Crippen LogP contribution < -0.4 is 0 Å². The predicted molar refractivity (Wildman–Crippen MR) is 56.2 cm³/mol. The van der Waals surface area contributed by atoms with E-state index in [1.165, 1.54) is 22.3 Å². The molecule has 0 fully saturated rings. The molecule has 0 aliphatic heterocycles. The summed E-state index contributed by atoms with van der Waals surface area (Å²) in [5.41, 5.74) is 5.46. The third-order valence-corrected chi connectivity index (χ3v) is 2.51. The van der Waals surface area contributed by atoms with Gasteiger partial charge in [-0.15, -0.1) is 0 Å². The smallest absolute Gasteiger partial charge is 0.00991 e. The van der Waals surface area contributed by atoms with Gasteiger partial charge in [0.15, 0.2) is 0 Å². The van der Waals surface area contributed by atoms with E-state index in [2.05, 4.69) is 38.1 Å². The van der Waals surface area contributed by atoms with E-state index in [1.807, 2.05) is 12.1 Å². The molecule has 0 nitrogen and oxygen atoms in total. The van der Waals surface area contributed by atoms with E-state index in [0.717, 1.165) is 6.42 Å². The van der Waals surface area contributed by atoms with Crippen LogP contribution in [0.2, 0.25) is 0 Å². The topological polar surface area (TPSA) is 0 Å². The van der Waals surface area contributed by atoms with Gasteiger partial charge in [0.05, 0.1) is 0 Å². The molecule has 2 rings (SSSR count). The van der Waals surface area contributed by atoms with Crippen molar-refractivity contribution in [2.45, 2.75) is 20.3 Å². The second kappa shape index (κ2) is 3.21. The summed E-state index contributed by atoms with van der Waals surface area (Å²) in [7, 11) is 0. The Morgan fingerprint density at radius 2 is 2.08 bits per heavy atom. The molecule has 0 saturated heterocycles. The van der Waals surface area contributed by atoms with E-state index in [4.69, 9.17) is 0 Å². The summed E-state index contributed by atoms with van der Waals surface area (Å²) in [5.74, 6) is 0. The van der Waals surface area contributed by atoms with Gasteiger partial charge in [-0.25, -0.2) is 0 Å². The standard InChI is InChI=1S/C13H13/c1-10-8-9-11(2)13(10)12-6-4-3-5-7-12/h3-6,8H,9H2,1-2H3. The largest absolute Gasteiger partial charge is 0.0769 e. The molecule has 13 heavy (non-hydrogen) atoms. The highest BCUT2D eigenvalue weighted by Crippen LogP contribution is 2.33. The van der Waals surface area contributed by atoms with Crippen molar-refractivity contribution < 1.29 is 0 Å². The molecule has 0 heterocycles. The molecule has 0 unspecified atom stereocenters. The molecule has 1 aliphatic carbocycles. The first-order valence-electron chi connectivity index (χ1n) is 4.63. The molecular formula is C13H13. The molecular weight excluding hydrogens is 156 g/mol. The molecule has 1 aromatic carbocycles. The minimum atomic E-state index is 1.10. The van der Waals surface area contributed by atoms with E-state index < -0.39 is 0 Å². The van der Waals surface area contributed by atoms with Gasteiger partial charge in [0.2, 0.25) is 0 Å². The molecule has 0 bridgehead atoms. The highest BCUT2D eigenvalue weighted by molar-refractivity contribution is 5.82. The quantitative estimate of drug-likeness (QED) is 0.602. The van der Waals surface area contributed by atoms with Crippen molar-refractivity contribution in [2.24, 2.45) is 0 Å². The Bertz CT molecular complexity index is 366. The van der Waals surface area contributed by atoms with E-state index in [-0.39, 0.29) is 0 Å². The second-order valence-corrected chi connectivity index (χ2v) is 3.52. The lowest BCUT2D eigenvalue weighted by molar-refractivity contribution is 1.25. The summed E-state index contributed by atoms with van der Waals surface area (Å²) < 4.78 is 0. The fourth-order valence-electron chi connectivity index (χ4n) is 1.84. The predicted octanol–water partition coefficient (Wildman–Crippen LogP) is 3.61. The maximum Gasteiger partial charge on any atom is -0.00991 e. The third kappa shape index (κ3) is 1.44. The van der Waals surface area contributed by atoms with Gasteiger partial charge in [-0.1, -0.05) is 35.9 Å². The average Bonchev–Trinajstić information content (AvgIpc) is 2.48. The SMILES string of the molecule is CC1=CCC(C)=C1c1[c]cccc1. The number of hydrogen-bond donors (Lipinski definition) is 0. The maximum atomic E-state index is 3.27. The van der Waals surface area contributed by atoms with Crippen molar-refractivity contribution in [1.29, 1.82) is 0 Å². The highest BCUT2D eigenvalue weighted by Gasteiger charge is 2.12. The number of hydrogen-bond acceptors (Lipinski definition) is 0. The summed E-state index contributed by atoms with van der Waals surface area (Å²) in [6.07, 6.45) is 3.38. The van der Waals surface area contributed by atoms with Crippen LogP contribution in [0.5, 0.6) is 0 Å². The first-order chi connectivity index (χ1) is 6.29. The zero-order chi connectivity index (χ0) is 9.26. The zero-order valence-corrected chi connectivity index (χ0v) is 8.09. The van der Waals surface area contributed by atoms with Gasteiger partial charge in [-0.3, -0.25) is 0 Å². The molecule has 0 saturated carbocycles. The summed E-state index contributed by atoms with van der Waals surface area (Å²) in [5, 5.41) is 0. The summed E-state index contributed by atoms with van der Waals surface area (Å²) in [6, 6.07) is 11.4. The lowest BCUT2D eigenvalue weighted by Gasteiger charge is -2.05. The molecule has 1 aliphatic rings. The Hall–Kier alpha value is -1.30. The lowest BCUT2D eigenvalue weighted by Crippen LogP contribution is -1.85. The van der Waals surface area contributed by atoms with Crippen LogP contribution in [0.3, 0.4) is 0 Å². The zero-order valence-electron chi connectivity index (χ0n) is 8.09. The van der Waals surface area contributed by atoms with Gasteiger partial charge >= 0.3 is 0 Å². The van der Waals surface area contributed by atoms with Crippen molar-refractivity contribution in [3.8, 4) is 0 Å². The molecule has 0 amide bonds. The number of rotatable bonds is 1. The van der Waals surface area contributed by atoms with Crippen molar-refractivity contribution in [1.82, 2.24) is 0 Å². The van der Waals surface area contributed by atoms with Crippen LogP contribution in [0, 0.1) is 6.07 Å². The fraction of sp³-hybridized carbons (Fsp3) is 0.231. The average molecular weight is 169 g/mol. The van der Waals surface area contributed by atoms with Gasteiger partial charge in [-0.2, -0.15) is 0 Å². The van der Waals surface area contributed by atoms with E-state index in [9.17, 15) is 0 Å². The molecule has 0 spiro atoms. The van der Waals surface area contributed by atoms with E-state index in [1.54, 1.807) is 0 Å². The fourth-order valence-corrected chi connectivity index (χ4v) is 1.84. The van der Waals surface area contributed by atoms with Crippen LogP contribution in [0.4, 0.5) is 0 Å². The maximum absolute atomic E-state index is 3.27. The van der Waals surface area contributed by atoms with Crippen molar-refractivity contribution >= 4 is 5.57 Å². The third-order valence-electron chi connectivity index (χ3n) is 2.51. The van der Waals surface area contributed by atoms with Crippen LogP contribution in [0.1, 0.15) is 25.8 Å². The van der Waals surface area contributed by atoms with Gasteiger partial charge in [0.1, 0.15) is 0 Å². The molecule has 1 radical (unpaired) electrons. The van der Waals surface area contributed by atoms with E-state index >= 15 is 0 Å². The van der Waals surface area contributed by atoms with Gasteiger partial charge in [-0.05, 0) is 43.0 Å². The normalized spacial score (nSPS) is 16.3. The van der Waals surface area contributed by atoms with Crippen molar-refractivity contribution in [2.75, 3.05) is 0 Å². The second-order valence-electron chi connectivity index (χ2n) is 3.52. The van der Waals surface area contributed by atoms with Crippen LogP contribution in [-0.4, -0.2) is 0 Å². The number of allylic oxidation sites excluding steroid dienone is 4. The van der Waals surface area contributed by atoms with Gasteiger partial charge < -0.3 is 0 Å².